The predicted molar refractivity (Wildman–Crippen MR) is 81.3 cm³/mol. The Hall–Kier alpha value is -1.20. The normalized spacial score (nSPS) is 29.5. The van der Waals surface area contributed by atoms with Gasteiger partial charge in [0.25, 0.3) is 5.56 Å². The van der Waals surface area contributed by atoms with Gasteiger partial charge in [-0.05, 0) is 26.3 Å². The number of aromatic nitrogens is 2. The highest BCUT2D eigenvalue weighted by atomic mass is 16.3. The Morgan fingerprint density at radius 3 is 2.76 bits per heavy atom. The van der Waals surface area contributed by atoms with Crippen LogP contribution in [-0.4, -0.2) is 45.3 Å². The lowest BCUT2D eigenvalue weighted by Crippen LogP contribution is -2.59. The smallest absolute Gasteiger partial charge is 0.269 e. The zero-order valence-electron chi connectivity index (χ0n) is 13.2. The van der Waals surface area contributed by atoms with Gasteiger partial charge in [0.05, 0.1) is 24.0 Å². The van der Waals surface area contributed by atoms with Crippen LogP contribution in [0.2, 0.25) is 0 Å². The summed E-state index contributed by atoms with van der Waals surface area (Å²) in [6, 6.07) is 0. The Kier molecular flexibility index (Phi) is 3.45. The SMILES string of the molecule is CN1CCC(O)(Cn2cc(C3CC3)ncc2=O)C(C)(C)C1. The Morgan fingerprint density at radius 2 is 2.14 bits per heavy atom. The van der Waals surface area contributed by atoms with E-state index in [1.807, 2.05) is 6.20 Å². The third kappa shape index (κ3) is 2.77. The van der Waals surface area contributed by atoms with Gasteiger partial charge in [-0.25, -0.2) is 0 Å². The first-order chi connectivity index (χ1) is 9.81. The van der Waals surface area contributed by atoms with E-state index in [4.69, 9.17) is 0 Å². The summed E-state index contributed by atoms with van der Waals surface area (Å²) in [5, 5.41) is 11.1. The van der Waals surface area contributed by atoms with Crippen LogP contribution in [0.5, 0.6) is 0 Å². The highest BCUT2D eigenvalue weighted by Gasteiger charge is 2.47. The fraction of sp³-hybridized carbons (Fsp3) is 0.750. The number of aliphatic hydroxyl groups is 1. The van der Waals surface area contributed by atoms with Crippen LogP contribution in [-0.2, 0) is 6.54 Å². The molecule has 0 aromatic carbocycles. The van der Waals surface area contributed by atoms with E-state index in [1.165, 1.54) is 6.20 Å². The van der Waals surface area contributed by atoms with E-state index in [0.29, 0.717) is 18.9 Å². The van der Waals surface area contributed by atoms with Crippen LogP contribution < -0.4 is 5.56 Å². The number of hydrogen-bond acceptors (Lipinski definition) is 4. The van der Waals surface area contributed by atoms with Crippen molar-refractivity contribution in [1.29, 1.82) is 0 Å². The molecule has 3 rings (SSSR count). The van der Waals surface area contributed by atoms with E-state index in [-0.39, 0.29) is 11.0 Å². The first kappa shape index (κ1) is 14.7. The molecule has 0 radical (unpaired) electrons. The first-order valence-electron chi connectivity index (χ1n) is 7.78. The molecular weight excluding hydrogens is 266 g/mol. The number of piperidine rings is 1. The van der Waals surface area contributed by atoms with Crippen LogP contribution in [0, 0.1) is 5.41 Å². The maximum Gasteiger partial charge on any atom is 0.269 e. The fourth-order valence-corrected chi connectivity index (χ4v) is 3.36. The van der Waals surface area contributed by atoms with E-state index >= 15 is 0 Å². The van der Waals surface area contributed by atoms with Crippen LogP contribution in [0.15, 0.2) is 17.2 Å². The molecule has 1 aliphatic carbocycles. The molecule has 2 aliphatic rings. The summed E-state index contributed by atoms with van der Waals surface area (Å²) in [5.41, 5.74) is -0.236. The minimum Gasteiger partial charge on any atom is -0.387 e. The van der Waals surface area contributed by atoms with E-state index in [0.717, 1.165) is 31.6 Å². The topological polar surface area (TPSA) is 58.4 Å². The second-order valence-corrected chi connectivity index (χ2v) is 7.46. The average Bonchev–Trinajstić information content (AvgIpc) is 3.21. The molecule has 1 saturated heterocycles. The van der Waals surface area contributed by atoms with Crippen LogP contribution in [0.1, 0.15) is 44.7 Å². The summed E-state index contributed by atoms with van der Waals surface area (Å²) < 4.78 is 1.66. The molecular formula is C16H25N3O2. The largest absolute Gasteiger partial charge is 0.387 e. The molecule has 0 spiro atoms. The van der Waals surface area contributed by atoms with Crippen molar-refractivity contribution in [2.45, 2.75) is 51.2 Å². The highest BCUT2D eigenvalue weighted by molar-refractivity contribution is 5.12. The fourth-order valence-electron chi connectivity index (χ4n) is 3.36. The van der Waals surface area contributed by atoms with E-state index in [1.54, 1.807) is 4.57 Å². The Morgan fingerprint density at radius 1 is 1.43 bits per heavy atom. The summed E-state index contributed by atoms with van der Waals surface area (Å²) in [7, 11) is 2.07. The zero-order valence-corrected chi connectivity index (χ0v) is 13.2. The van der Waals surface area contributed by atoms with Crippen LogP contribution in [0.3, 0.4) is 0 Å². The summed E-state index contributed by atoms with van der Waals surface area (Å²) in [6.45, 7) is 6.20. The van der Waals surface area contributed by atoms with Crippen molar-refractivity contribution in [2.75, 3.05) is 20.1 Å². The number of nitrogens with zero attached hydrogens (tertiary/aromatic N) is 3. The molecule has 5 nitrogen and oxygen atoms in total. The molecule has 1 unspecified atom stereocenters. The number of likely N-dealkylation sites (tertiary alicyclic amines) is 1. The summed E-state index contributed by atoms with van der Waals surface area (Å²) >= 11 is 0. The lowest BCUT2D eigenvalue weighted by molar-refractivity contribution is -0.124. The Balaban J connectivity index is 1.88. The molecule has 1 saturated carbocycles. The van der Waals surface area contributed by atoms with Gasteiger partial charge in [-0.1, -0.05) is 13.8 Å². The molecule has 5 heteroatoms. The minimum absolute atomic E-state index is 0.123. The van der Waals surface area contributed by atoms with Crippen molar-refractivity contribution >= 4 is 0 Å². The lowest BCUT2D eigenvalue weighted by atomic mass is 9.70. The summed E-state index contributed by atoms with van der Waals surface area (Å²) in [5.74, 6) is 0.511. The molecule has 2 fully saturated rings. The monoisotopic (exact) mass is 291 g/mol. The summed E-state index contributed by atoms with van der Waals surface area (Å²) in [4.78, 5) is 18.6. The van der Waals surface area contributed by atoms with Crippen molar-refractivity contribution in [3.05, 3.63) is 28.4 Å². The predicted octanol–water partition coefficient (Wildman–Crippen LogP) is 1.21. The third-order valence-corrected chi connectivity index (χ3v) is 5.15. The van der Waals surface area contributed by atoms with Crippen LogP contribution >= 0.6 is 0 Å². The molecule has 116 valence electrons. The minimum atomic E-state index is -0.856. The first-order valence-corrected chi connectivity index (χ1v) is 7.78. The molecule has 1 N–H and O–H groups in total. The molecule has 1 aromatic heterocycles. The van der Waals surface area contributed by atoms with E-state index in [9.17, 15) is 9.90 Å². The standard InChI is InChI=1S/C16H25N3O2/c1-15(2)10-18(3)7-6-16(15,21)11-19-9-13(12-4-5-12)17-8-14(19)20/h8-9,12,21H,4-7,10-11H2,1-3H3. The molecule has 21 heavy (non-hydrogen) atoms. The molecule has 1 atom stereocenters. The molecule has 1 aromatic rings. The maximum atomic E-state index is 12.1. The van der Waals surface area contributed by atoms with Gasteiger partial charge >= 0.3 is 0 Å². The van der Waals surface area contributed by atoms with Crippen molar-refractivity contribution < 1.29 is 5.11 Å². The number of rotatable bonds is 3. The Labute approximate surface area is 125 Å². The van der Waals surface area contributed by atoms with Crippen molar-refractivity contribution in [3.8, 4) is 0 Å². The highest BCUT2D eigenvalue weighted by Crippen LogP contribution is 2.40. The molecule has 2 heterocycles. The molecule has 0 amide bonds. The van der Waals surface area contributed by atoms with Gasteiger partial charge < -0.3 is 14.6 Å². The van der Waals surface area contributed by atoms with Crippen molar-refractivity contribution in [3.63, 3.8) is 0 Å². The summed E-state index contributed by atoms with van der Waals surface area (Å²) in [6.07, 6.45) is 6.26. The van der Waals surface area contributed by atoms with Gasteiger partial charge in [-0.2, -0.15) is 0 Å². The Bertz CT molecular complexity index is 591. The van der Waals surface area contributed by atoms with Crippen molar-refractivity contribution in [2.24, 2.45) is 5.41 Å². The van der Waals surface area contributed by atoms with E-state index < -0.39 is 5.60 Å². The van der Waals surface area contributed by atoms with Gasteiger partial charge in [0.15, 0.2) is 0 Å². The zero-order chi connectivity index (χ0) is 15.3. The second kappa shape index (κ2) is 4.92. The van der Waals surface area contributed by atoms with Gasteiger partial charge in [0.1, 0.15) is 0 Å². The lowest BCUT2D eigenvalue weighted by Gasteiger charge is -2.49. The van der Waals surface area contributed by atoms with Crippen molar-refractivity contribution in [1.82, 2.24) is 14.5 Å². The quantitative estimate of drug-likeness (QED) is 0.909. The van der Waals surface area contributed by atoms with Gasteiger partial charge in [-0.15, -0.1) is 0 Å². The van der Waals surface area contributed by atoms with Crippen LogP contribution in [0.25, 0.3) is 0 Å². The molecule has 1 aliphatic heterocycles. The van der Waals surface area contributed by atoms with E-state index in [2.05, 4.69) is 30.8 Å². The van der Waals surface area contributed by atoms with Crippen LogP contribution in [0.4, 0.5) is 0 Å². The molecule has 0 bridgehead atoms. The number of hydrogen-bond donors (Lipinski definition) is 1. The van der Waals surface area contributed by atoms with Gasteiger partial charge in [0.2, 0.25) is 0 Å². The van der Waals surface area contributed by atoms with Gasteiger partial charge in [-0.3, -0.25) is 9.78 Å². The van der Waals surface area contributed by atoms with Gasteiger partial charge in [0, 0.05) is 30.6 Å². The third-order valence-electron chi connectivity index (χ3n) is 5.15. The second-order valence-electron chi connectivity index (χ2n) is 7.46. The average molecular weight is 291 g/mol. The maximum absolute atomic E-state index is 12.1.